The summed E-state index contributed by atoms with van der Waals surface area (Å²) >= 11 is 5.80. The van der Waals surface area contributed by atoms with Crippen LogP contribution in [0.25, 0.3) is 0 Å². The summed E-state index contributed by atoms with van der Waals surface area (Å²) in [5.74, 6) is -0.254. The van der Waals surface area contributed by atoms with Gasteiger partial charge in [-0.1, -0.05) is 0 Å². The molecule has 1 aliphatic rings. The molecule has 2 aromatic heterocycles. The first-order valence-corrected chi connectivity index (χ1v) is 7.62. The molecular formula is C16H16ClN3O3. The molecule has 0 spiro atoms. The minimum Gasteiger partial charge on any atom is -0.452 e. The second-order valence-corrected chi connectivity index (χ2v) is 5.86. The number of amides is 2. The molecule has 23 heavy (non-hydrogen) atoms. The van der Waals surface area contributed by atoms with Crippen LogP contribution in [0.1, 0.15) is 28.4 Å². The first-order chi connectivity index (χ1) is 11.1. The Morgan fingerprint density at radius 1 is 1.43 bits per heavy atom. The number of hydrogen-bond acceptors (Lipinski definition) is 4. The fourth-order valence-electron chi connectivity index (χ4n) is 2.97. The maximum atomic E-state index is 12.1. The lowest BCUT2D eigenvalue weighted by atomic mass is 9.94. The van der Waals surface area contributed by atoms with Crippen molar-refractivity contribution in [3.8, 4) is 0 Å². The van der Waals surface area contributed by atoms with Crippen molar-refractivity contribution in [2.45, 2.75) is 12.5 Å². The highest BCUT2D eigenvalue weighted by Crippen LogP contribution is 2.36. The summed E-state index contributed by atoms with van der Waals surface area (Å²) in [7, 11) is 1.78. The lowest BCUT2D eigenvalue weighted by Crippen LogP contribution is -2.32. The first-order valence-electron chi connectivity index (χ1n) is 7.24. The van der Waals surface area contributed by atoms with Crippen LogP contribution >= 0.6 is 11.6 Å². The van der Waals surface area contributed by atoms with Crippen molar-refractivity contribution in [1.82, 2.24) is 15.2 Å². The quantitative estimate of drug-likeness (QED) is 0.931. The van der Waals surface area contributed by atoms with Crippen LogP contribution in [-0.4, -0.2) is 35.3 Å². The molecule has 0 bridgehead atoms. The van der Waals surface area contributed by atoms with E-state index in [-0.39, 0.29) is 29.0 Å². The third kappa shape index (κ3) is 3.07. The van der Waals surface area contributed by atoms with Crippen molar-refractivity contribution in [2.75, 3.05) is 13.6 Å². The molecule has 0 unspecified atom stereocenters. The minimum atomic E-state index is -0.306. The van der Waals surface area contributed by atoms with Crippen LogP contribution in [0.15, 0.2) is 41.3 Å². The zero-order valence-corrected chi connectivity index (χ0v) is 13.3. The summed E-state index contributed by atoms with van der Waals surface area (Å²) in [6, 6.07) is 5.22. The second kappa shape index (κ2) is 6.42. The molecule has 0 saturated carbocycles. The summed E-state index contributed by atoms with van der Waals surface area (Å²) in [6.07, 6.45) is 5.16. The van der Waals surface area contributed by atoms with Gasteiger partial charge >= 0.3 is 0 Å². The number of rotatable bonds is 4. The standard InChI is InChI=1S/C16H16ClN3O3/c1-20-13(21)8-11(14(20)10-2-5-18-6-3-10)9-19-16(22)12-4-7-23-15(12)17/h2-7,11,14H,8-9H2,1H3,(H,19,22)/t11-,14-/m0/s1. The first kappa shape index (κ1) is 15.6. The fraction of sp³-hybridized carbons (Fsp3) is 0.312. The Morgan fingerprint density at radius 2 is 2.17 bits per heavy atom. The molecule has 3 rings (SSSR count). The van der Waals surface area contributed by atoms with E-state index in [0.29, 0.717) is 18.5 Å². The molecule has 1 fully saturated rings. The topological polar surface area (TPSA) is 75.4 Å². The molecule has 6 nitrogen and oxygen atoms in total. The average molecular weight is 334 g/mol. The Morgan fingerprint density at radius 3 is 2.83 bits per heavy atom. The van der Waals surface area contributed by atoms with Gasteiger partial charge in [0.25, 0.3) is 5.91 Å². The fourth-order valence-corrected chi connectivity index (χ4v) is 3.17. The van der Waals surface area contributed by atoms with Gasteiger partial charge in [0, 0.05) is 38.3 Å². The molecule has 1 N–H and O–H groups in total. The molecule has 2 amide bonds. The van der Waals surface area contributed by atoms with E-state index >= 15 is 0 Å². The molecule has 7 heteroatoms. The van der Waals surface area contributed by atoms with Crippen LogP contribution in [0.2, 0.25) is 5.22 Å². The van der Waals surface area contributed by atoms with Gasteiger partial charge in [0.05, 0.1) is 17.9 Å². The van der Waals surface area contributed by atoms with Crippen LogP contribution in [0, 0.1) is 5.92 Å². The van der Waals surface area contributed by atoms with Gasteiger partial charge in [-0.3, -0.25) is 14.6 Å². The smallest absolute Gasteiger partial charge is 0.256 e. The van der Waals surface area contributed by atoms with E-state index in [0.717, 1.165) is 5.56 Å². The monoisotopic (exact) mass is 333 g/mol. The Kier molecular flexibility index (Phi) is 4.34. The molecule has 120 valence electrons. The highest BCUT2D eigenvalue weighted by molar-refractivity contribution is 6.32. The highest BCUT2D eigenvalue weighted by atomic mass is 35.5. The molecule has 1 saturated heterocycles. The predicted octanol–water partition coefficient (Wildman–Crippen LogP) is 2.28. The van der Waals surface area contributed by atoms with E-state index in [1.807, 2.05) is 12.1 Å². The van der Waals surface area contributed by atoms with Crippen molar-refractivity contribution in [1.29, 1.82) is 0 Å². The van der Waals surface area contributed by atoms with Gasteiger partial charge in [0.1, 0.15) is 0 Å². The third-order valence-corrected chi connectivity index (χ3v) is 4.42. The largest absolute Gasteiger partial charge is 0.452 e. The molecule has 0 radical (unpaired) electrons. The van der Waals surface area contributed by atoms with E-state index in [2.05, 4.69) is 10.3 Å². The van der Waals surface area contributed by atoms with Gasteiger partial charge in [-0.2, -0.15) is 0 Å². The Bertz CT molecular complexity index is 716. The van der Waals surface area contributed by atoms with Gasteiger partial charge < -0.3 is 14.6 Å². The Hall–Kier alpha value is -2.34. The van der Waals surface area contributed by atoms with Gasteiger partial charge in [-0.15, -0.1) is 0 Å². The molecule has 0 aromatic carbocycles. The van der Waals surface area contributed by atoms with Gasteiger partial charge in [0.15, 0.2) is 0 Å². The van der Waals surface area contributed by atoms with Crippen LogP contribution in [-0.2, 0) is 4.79 Å². The number of nitrogens with one attached hydrogen (secondary N) is 1. The van der Waals surface area contributed by atoms with Crippen molar-refractivity contribution in [2.24, 2.45) is 5.92 Å². The summed E-state index contributed by atoms with van der Waals surface area (Å²) in [5, 5.41) is 2.89. The summed E-state index contributed by atoms with van der Waals surface area (Å²) in [5.41, 5.74) is 1.30. The number of halogens is 1. The molecule has 0 aliphatic carbocycles. The number of nitrogens with zero attached hydrogens (tertiary/aromatic N) is 2. The zero-order chi connectivity index (χ0) is 16.4. The van der Waals surface area contributed by atoms with Crippen molar-refractivity contribution in [3.63, 3.8) is 0 Å². The Balaban J connectivity index is 1.72. The molecule has 1 aliphatic heterocycles. The van der Waals surface area contributed by atoms with Gasteiger partial charge in [-0.05, 0) is 35.4 Å². The lowest BCUT2D eigenvalue weighted by Gasteiger charge is -2.25. The average Bonchev–Trinajstić information content (AvgIpc) is 3.10. The number of likely N-dealkylation sites (tertiary alicyclic amines) is 1. The van der Waals surface area contributed by atoms with Crippen LogP contribution in [0.3, 0.4) is 0 Å². The summed E-state index contributed by atoms with van der Waals surface area (Å²) in [6.45, 7) is 0.378. The van der Waals surface area contributed by atoms with Crippen LogP contribution in [0.5, 0.6) is 0 Å². The predicted molar refractivity (Wildman–Crippen MR) is 83.9 cm³/mol. The van der Waals surface area contributed by atoms with Gasteiger partial charge in [-0.25, -0.2) is 0 Å². The molecule has 3 heterocycles. The van der Waals surface area contributed by atoms with Crippen molar-refractivity contribution < 1.29 is 14.0 Å². The molecule has 2 atom stereocenters. The van der Waals surface area contributed by atoms with Crippen LogP contribution < -0.4 is 5.32 Å². The third-order valence-electron chi connectivity index (χ3n) is 4.13. The SMILES string of the molecule is CN1C(=O)C[C@@H](CNC(=O)c2ccoc2Cl)[C@@H]1c1ccncc1. The molecule has 2 aromatic rings. The van der Waals surface area contributed by atoms with E-state index in [1.54, 1.807) is 24.3 Å². The minimum absolute atomic E-state index is 0.00970. The number of pyridine rings is 1. The van der Waals surface area contributed by atoms with Crippen LogP contribution in [0.4, 0.5) is 0 Å². The van der Waals surface area contributed by atoms with E-state index in [1.165, 1.54) is 12.3 Å². The number of hydrogen-bond donors (Lipinski definition) is 1. The summed E-state index contributed by atoms with van der Waals surface area (Å²) in [4.78, 5) is 29.9. The zero-order valence-electron chi connectivity index (χ0n) is 12.5. The van der Waals surface area contributed by atoms with E-state index < -0.39 is 0 Å². The number of carbonyl (C=O) groups excluding carboxylic acids is 2. The maximum absolute atomic E-state index is 12.1. The van der Waals surface area contributed by atoms with E-state index in [9.17, 15) is 9.59 Å². The Labute approximate surface area is 138 Å². The normalized spacial score (nSPS) is 20.8. The second-order valence-electron chi connectivity index (χ2n) is 5.51. The number of carbonyl (C=O) groups is 2. The molecular weight excluding hydrogens is 318 g/mol. The van der Waals surface area contributed by atoms with Gasteiger partial charge in [0.2, 0.25) is 11.1 Å². The van der Waals surface area contributed by atoms with Crippen molar-refractivity contribution in [3.05, 3.63) is 53.2 Å². The van der Waals surface area contributed by atoms with Crippen molar-refractivity contribution >= 4 is 23.4 Å². The lowest BCUT2D eigenvalue weighted by molar-refractivity contribution is -0.127. The number of furan rings is 1. The maximum Gasteiger partial charge on any atom is 0.256 e. The highest BCUT2D eigenvalue weighted by Gasteiger charge is 2.38. The number of aromatic nitrogens is 1. The summed E-state index contributed by atoms with van der Waals surface area (Å²) < 4.78 is 4.92. The van der Waals surface area contributed by atoms with E-state index in [4.69, 9.17) is 16.0 Å².